The molecule has 0 fully saturated rings. The number of carbonyl (C=O) groups excluding carboxylic acids is 1. The number of hydrogen-bond acceptors (Lipinski definition) is 5. The molecule has 0 aliphatic heterocycles. The minimum absolute atomic E-state index is 0. The van der Waals surface area contributed by atoms with Gasteiger partial charge in [-0.3, -0.25) is 9.79 Å². The number of nitrogens with one attached hydrogen (secondary N) is 2. The molecular formula is C13H18ClN5OS2. The molecule has 22 heavy (non-hydrogen) atoms. The average molecular weight is 360 g/mol. The lowest BCUT2D eigenvalue weighted by atomic mass is 10.2. The Morgan fingerprint density at radius 2 is 2.23 bits per heavy atom. The highest BCUT2D eigenvalue weighted by molar-refractivity contribution is 7.17. The molecule has 2 aromatic rings. The summed E-state index contributed by atoms with van der Waals surface area (Å²) in [5.74, 6) is 0.309. The van der Waals surface area contributed by atoms with Gasteiger partial charge in [0.05, 0.1) is 17.1 Å². The lowest BCUT2D eigenvalue weighted by Crippen LogP contribution is -2.21. The third-order valence-corrected chi connectivity index (χ3v) is 4.77. The first-order valence-electron chi connectivity index (χ1n) is 6.28. The third kappa shape index (κ3) is 4.69. The van der Waals surface area contributed by atoms with Crippen LogP contribution in [0, 0.1) is 6.92 Å². The number of thiazole rings is 1. The fourth-order valence-corrected chi connectivity index (χ4v) is 3.50. The van der Waals surface area contributed by atoms with Gasteiger partial charge in [0, 0.05) is 24.2 Å². The van der Waals surface area contributed by atoms with E-state index in [1.54, 1.807) is 18.4 Å². The van der Waals surface area contributed by atoms with Crippen LogP contribution in [-0.2, 0) is 11.3 Å². The number of aromatic nitrogens is 1. The summed E-state index contributed by atoms with van der Waals surface area (Å²) in [4.78, 5) is 21.5. The van der Waals surface area contributed by atoms with E-state index in [2.05, 4.69) is 26.7 Å². The number of hydrogen-bond donors (Lipinski definition) is 3. The quantitative estimate of drug-likeness (QED) is 0.578. The normalized spacial score (nSPS) is 11.0. The van der Waals surface area contributed by atoms with Gasteiger partial charge in [0.1, 0.15) is 0 Å². The van der Waals surface area contributed by atoms with Crippen LogP contribution in [0.25, 0.3) is 10.6 Å². The first-order chi connectivity index (χ1) is 9.99. The number of thiophene rings is 1. The van der Waals surface area contributed by atoms with Crippen molar-refractivity contribution in [3.05, 3.63) is 21.9 Å². The number of rotatable bonds is 4. The van der Waals surface area contributed by atoms with Crippen molar-refractivity contribution in [1.29, 1.82) is 0 Å². The lowest BCUT2D eigenvalue weighted by Gasteiger charge is -1.99. The molecule has 0 spiro atoms. The molecule has 2 heterocycles. The molecule has 0 bridgehead atoms. The largest absolute Gasteiger partial charge is 0.370 e. The Labute approximate surface area is 143 Å². The summed E-state index contributed by atoms with van der Waals surface area (Å²) in [5, 5.41) is 8.42. The molecule has 0 saturated carbocycles. The van der Waals surface area contributed by atoms with Crippen LogP contribution in [0.5, 0.6) is 0 Å². The van der Waals surface area contributed by atoms with E-state index in [1.165, 1.54) is 18.3 Å². The van der Waals surface area contributed by atoms with Crippen LogP contribution in [0.2, 0.25) is 0 Å². The Morgan fingerprint density at radius 3 is 2.86 bits per heavy atom. The Bertz CT molecular complexity index is 680. The summed E-state index contributed by atoms with van der Waals surface area (Å²) in [6.07, 6.45) is 0. The molecule has 0 aliphatic carbocycles. The van der Waals surface area contributed by atoms with E-state index >= 15 is 0 Å². The van der Waals surface area contributed by atoms with Gasteiger partial charge in [0.2, 0.25) is 5.91 Å². The fraction of sp³-hybridized carbons (Fsp3) is 0.308. The number of halogens is 1. The van der Waals surface area contributed by atoms with Crippen molar-refractivity contribution in [3.8, 4) is 10.6 Å². The number of guanidine groups is 1. The molecule has 6 nitrogen and oxygen atoms in total. The van der Waals surface area contributed by atoms with E-state index in [0.29, 0.717) is 17.6 Å². The van der Waals surface area contributed by atoms with Crippen molar-refractivity contribution in [3.63, 3.8) is 0 Å². The van der Waals surface area contributed by atoms with Crippen molar-refractivity contribution >= 4 is 52.1 Å². The number of aliphatic imine (C=N–C) groups is 1. The van der Waals surface area contributed by atoms with Crippen molar-refractivity contribution in [1.82, 2.24) is 10.3 Å². The summed E-state index contributed by atoms with van der Waals surface area (Å²) < 4.78 is 0. The standard InChI is InChI=1S/C13H17N5OS2.ClH/c1-7-4-10(21-11(7)5-16-8(2)19)9-6-20-13(17-9)18-12(14)15-3;/h4,6H,5H2,1-3H3,(H,16,19)(H3,14,15,17,18);1H. The summed E-state index contributed by atoms with van der Waals surface area (Å²) in [6.45, 7) is 4.10. The Morgan fingerprint density at radius 1 is 1.50 bits per heavy atom. The summed E-state index contributed by atoms with van der Waals surface area (Å²) >= 11 is 3.11. The van der Waals surface area contributed by atoms with Gasteiger partial charge in [-0.25, -0.2) is 4.98 Å². The zero-order valence-corrected chi connectivity index (χ0v) is 14.9. The predicted octanol–water partition coefficient (Wildman–Crippen LogP) is 2.59. The van der Waals surface area contributed by atoms with Crippen LogP contribution in [0.1, 0.15) is 17.4 Å². The number of anilines is 1. The minimum Gasteiger partial charge on any atom is -0.370 e. The highest BCUT2D eigenvalue weighted by Gasteiger charge is 2.11. The lowest BCUT2D eigenvalue weighted by molar-refractivity contribution is -0.119. The molecule has 0 atom stereocenters. The van der Waals surface area contributed by atoms with Gasteiger partial charge >= 0.3 is 0 Å². The highest BCUT2D eigenvalue weighted by Crippen LogP contribution is 2.33. The van der Waals surface area contributed by atoms with Gasteiger partial charge in [-0.2, -0.15) is 0 Å². The zero-order chi connectivity index (χ0) is 15.4. The van der Waals surface area contributed by atoms with Crippen LogP contribution in [0.4, 0.5) is 5.13 Å². The van der Waals surface area contributed by atoms with Gasteiger partial charge < -0.3 is 16.4 Å². The SMILES string of the molecule is CN=C(N)Nc1nc(-c2cc(C)c(CNC(C)=O)s2)cs1.Cl. The van der Waals surface area contributed by atoms with E-state index in [-0.39, 0.29) is 18.3 Å². The molecular weight excluding hydrogens is 342 g/mol. The van der Waals surface area contributed by atoms with Gasteiger partial charge in [-0.1, -0.05) is 0 Å². The number of amides is 1. The second kappa shape index (κ2) is 8.11. The number of nitrogens with two attached hydrogens (primary N) is 1. The van der Waals surface area contributed by atoms with Gasteiger partial charge in [0.25, 0.3) is 0 Å². The van der Waals surface area contributed by atoms with E-state index in [4.69, 9.17) is 5.73 Å². The Balaban J connectivity index is 0.00000242. The molecule has 4 N–H and O–H groups in total. The first-order valence-corrected chi connectivity index (χ1v) is 7.98. The van der Waals surface area contributed by atoms with E-state index in [0.717, 1.165) is 21.0 Å². The van der Waals surface area contributed by atoms with Crippen LogP contribution in [-0.4, -0.2) is 23.9 Å². The van der Waals surface area contributed by atoms with Crippen molar-refractivity contribution < 1.29 is 4.79 Å². The van der Waals surface area contributed by atoms with Crippen molar-refractivity contribution in [2.24, 2.45) is 10.7 Å². The molecule has 9 heteroatoms. The summed E-state index contributed by atoms with van der Waals surface area (Å²) in [5.41, 5.74) is 7.67. The fourth-order valence-electron chi connectivity index (χ4n) is 1.64. The van der Waals surface area contributed by atoms with Gasteiger partial charge in [0.15, 0.2) is 11.1 Å². The van der Waals surface area contributed by atoms with Crippen molar-refractivity contribution in [2.75, 3.05) is 12.4 Å². The van der Waals surface area contributed by atoms with Crippen LogP contribution in [0.15, 0.2) is 16.4 Å². The van der Waals surface area contributed by atoms with Gasteiger partial charge in [-0.05, 0) is 18.6 Å². The molecule has 0 aliphatic rings. The van der Waals surface area contributed by atoms with Crippen LogP contribution < -0.4 is 16.4 Å². The number of aryl methyl sites for hydroxylation is 1. The predicted molar refractivity (Wildman–Crippen MR) is 96.1 cm³/mol. The maximum absolute atomic E-state index is 11.0. The second-order valence-electron chi connectivity index (χ2n) is 4.40. The van der Waals surface area contributed by atoms with Crippen LogP contribution in [0.3, 0.4) is 0 Å². The zero-order valence-electron chi connectivity index (χ0n) is 12.5. The molecule has 2 rings (SSSR count). The van der Waals surface area contributed by atoms with E-state index < -0.39 is 0 Å². The number of nitrogens with zero attached hydrogens (tertiary/aromatic N) is 2. The monoisotopic (exact) mass is 359 g/mol. The molecule has 2 aromatic heterocycles. The Kier molecular flexibility index (Phi) is 6.79. The average Bonchev–Trinajstić information content (AvgIpc) is 3.03. The Hall–Kier alpha value is -1.64. The van der Waals surface area contributed by atoms with Crippen LogP contribution >= 0.6 is 35.1 Å². The van der Waals surface area contributed by atoms with Gasteiger partial charge in [-0.15, -0.1) is 35.1 Å². The van der Waals surface area contributed by atoms with E-state index in [1.807, 2.05) is 12.3 Å². The maximum atomic E-state index is 11.0. The molecule has 120 valence electrons. The molecule has 0 aromatic carbocycles. The maximum Gasteiger partial charge on any atom is 0.217 e. The van der Waals surface area contributed by atoms with E-state index in [9.17, 15) is 4.79 Å². The molecule has 0 saturated heterocycles. The summed E-state index contributed by atoms with van der Waals surface area (Å²) in [7, 11) is 1.62. The highest BCUT2D eigenvalue weighted by atomic mass is 35.5. The first kappa shape index (κ1) is 18.4. The smallest absolute Gasteiger partial charge is 0.217 e. The molecule has 1 amide bonds. The topological polar surface area (TPSA) is 92.4 Å². The number of carbonyl (C=O) groups is 1. The second-order valence-corrected chi connectivity index (χ2v) is 6.39. The molecule has 0 radical (unpaired) electrons. The summed E-state index contributed by atoms with van der Waals surface area (Å²) in [6, 6.07) is 2.08. The van der Waals surface area contributed by atoms with Crippen molar-refractivity contribution in [2.45, 2.75) is 20.4 Å². The third-order valence-electron chi connectivity index (χ3n) is 2.75. The molecule has 0 unspecified atom stereocenters. The minimum atomic E-state index is -0.0289.